The van der Waals surface area contributed by atoms with E-state index in [9.17, 15) is 9.18 Å². The van der Waals surface area contributed by atoms with Crippen LogP contribution in [-0.4, -0.2) is 15.9 Å². The van der Waals surface area contributed by atoms with Gasteiger partial charge >= 0.3 is 0 Å². The Morgan fingerprint density at radius 1 is 1.45 bits per heavy atom. The number of amides is 1. The van der Waals surface area contributed by atoms with Gasteiger partial charge in [0, 0.05) is 11.1 Å². The lowest BCUT2D eigenvalue weighted by atomic mass is 10.2. The van der Waals surface area contributed by atoms with Crippen molar-refractivity contribution >= 4 is 17.2 Å². The van der Waals surface area contributed by atoms with Gasteiger partial charge in [0.1, 0.15) is 10.8 Å². The SMILES string of the molecule is CC[C@@H](NC(=O)c1cncc(F)c1)c1nc(C)c(C)s1. The lowest BCUT2D eigenvalue weighted by Crippen LogP contribution is -2.28. The number of aromatic nitrogens is 2. The van der Waals surface area contributed by atoms with Crippen LogP contribution >= 0.6 is 11.3 Å². The van der Waals surface area contributed by atoms with Gasteiger partial charge in [-0.2, -0.15) is 0 Å². The van der Waals surface area contributed by atoms with E-state index in [4.69, 9.17) is 0 Å². The molecule has 0 saturated heterocycles. The van der Waals surface area contributed by atoms with Gasteiger partial charge in [-0.05, 0) is 26.3 Å². The van der Waals surface area contributed by atoms with E-state index >= 15 is 0 Å². The number of hydrogen-bond acceptors (Lipinski definition) is 4. The Morgan fingerprint density at radius 3 is 2.75 bits per heavy atom. The molecule has 6 heteroatoms. The van der Waals surface area contributed by atoms with Gasteiger partial charge in [0.15, 0.2) is 0 Å². The third-order valence-electron chi connectivity index (χ3n) is 3.02. The van der Waals surface area contributed by atoms with E-state index in [0.29, 0.717) is 0 Å². The molecule has 0 spiro atoms. The lowest BCUT2D eigenvalue weighted by Gasteiger charge is -2.14. The number of carbonyl (C=O) groups is 1. The maximum Gasteiger partial charge on any atom is 0.253 e. The zero-order valence-corrected chi connectivity index (χ0v) is 12.4. The van der Waals surface area contributed by atoms with Crippen molar-refractivity contribution in [3.63, 3.8) is 0 Å². The van der Waals surface area contributed by atoms with Crippen molar-refractivity contribution in [1.29, 1.82) is 0 Å². The van der Waals surface area contributed by atoms with E-state index in [1.54, 1.807) is 11.3 Å². The van der Waals surface area contributed by atoms with Crippen molar-refractivity contribution in [3.05, 3.63) is 45.4 Å². The number of carbonyl (C=O) groups excluding carboxylic acids is 1. The molecule has 0 bridgehead atoms. The molecule has 4 nitrogen and oxygen atoms in total. The van der Waals surface area contributed by atoms with E-state index in [0.717, 1.165) is 28.2 Å². The fourth-order valence-electron chi connectivity index (χ4n) is 1.76. The zero-order valence-electron chi connectivity index (χ0n) is 11.6. The van der Waals surface area contributed by atoms with Crippen molar-refractivity contribution in [2.45, 2.75) is 33.2 Å². The number of halogens is 1. The minimum absolute atomic E-state index is 0.164. The van der Waals surface area contributed by atoms with E-state index in [2.05, 4.69) is 15.3 Å². The van der Waals surface area contributed by atoms with E-state index in [-0.39, 0.29) is 17.5 Å². The van der Waals surface area contributed by atoms with Crippen molar-refractivity contribution in [3.8, 4) is 0 Å². The average Bonchev–Trinajstić information content (AvgIpc) is 2.75. The highest BCUT2D eigenvalue weighted by Gasteiger charge is 2.18. The first-order valence-corrected chi connectivity index (χ1v) is 7.18. The molecule has 20 heavy (non-hydrogen) atoms. The highest BCUT2D eigenvalue weighted by molar-refractivity contribution is 7.11. The standard InChI is InChI=1S/C14H16FN3OS/c1-4-12(14-17-8(2)9(3)20-14)18-13(19)10-5-11(15)7-16-6-10/h5-7,12H,4H2,1-3H3,(H,18,19)/t12-/m1/s1. The van der Waals surface area contributed by atoms with Crippen LogP contribution in [0.4, 0.5) is 4.39 Å². The number of nitrogens with one attached hydrogen (secondary N) is 1. The van der Waals surface area contributed by atoms with Crippen molar-refractivity contribution < 1.29 is 9.18 Å². The summed E-state index contributed by atoms with van der Waals surface area (Å²) in [5, 5.41) is 3.74. The van der Waals surface area contributed by atoms with Crippen molar-refractivity contribution in [2.75, 3.05) is 0 Å². The van der Waals surface area contributed by atoms with Crippen LogP contribution in [-0.2, 0) is 0 Å². The normalized spacial score (nSPS) is 12.2. The van der Waals surface area contributed by atoms with Crippen LogP contribution < -0.4 is 5.32 Å². The topological polar surface area (TPSA) is 54.9 Å². The summed E-state index contributed by atoms with van der Waals surface area (Å²) in [5.41, 5.74) is 1.19. The highest BCUT2D eigenvalue weighted by atomic mass is 32.1. The summed E-state index contributed by atoms with van der Waals surface area (Å²) in [5.74, 6) is -0.860. The van der Waals surface area contributed by atoms with Gasteiger partial charge in [-0.15, -0.1) is 11.3 Å². The molecular formula is C14H16FN3OS. The van der Waals surface area contributed by atoms with Gasteiger partial charge in [-0.3, -0.25) is 9.78 Å². The summed E-state index contributed by atoms with van der Waals surface area (Å²) in [6, 6.07) is 1.01. The number of thiazole rings is 1. The molecule has 0 saturated carbocycles. The Hall–Kier alpha value is -1.82. The van der Waals surface area contributed by atoms with Crippen molar-refractivity contribution in [1.82, 2.24) is 15.3 Å². The fraction of sp³-hybridized carbons (Fsp3) is 0.357. The number of aryl methyl sites for hydroxylation is 2. The Balaban J connectivity index is 2.16. The van der Waals surface area contributed by atoms with Crippen LogP contribution in [0.5, 0.6) is 0 Å². The quantitative estimate of drug-likeness (QED) is 0.942. The second kappa shape index (κ2) is 6.09. The minimum atomic E-state index is -0.522. The summed E-state index contributed by atoms with van der Waals surface area (Å²) in [6.07, 6.45) is 3.14. The molecule has 0 aliphatic heterocycles. The third kappa shape index (κ3) is 3.19. The molecule has 0 fully saturated rings. The van der Waals surface area contributed by atoms with E-state index in [1.165, 1.54) is 12.3 Å². The summed E-state index contributed by atoms with van der Waals surface area (Å²) in [6.45, 7) is 5.92. The van der Waals surface area contributed by atoms with Gasteiger partial charge in [0.25, 0.3) is 5.91 Å². The Labute approximate surface area is 121 Å². The molecule has 2 rings (SSSR count). The monoisotopic (exact) mass is 293 g/mol. The molecule has 2 aromatic rings. The number of pyridine rings is 1. The summed E-state index contributed by atoms with van der Waals surface area (Å²) >= 11 is 1.57. The molecule has 0 unspecified atom stereocenters. The highest BCUT2D eigenvalue weighted by Crippen LogP contribution is 2.25. The maximum atomic E-state index is 13.1. The molecule has 1 amide bonds. The first-order chi connectivity index (χ1) is 9.51. The van der Waals surface area contributed by atoms with Crippen LogP contribution in [0.15, 0.2) is 18.5 Å². The predicted octanol–water partition coefficient (Wildman–Crippen LogP) is 3.18. The molecule has 0 aliphatic rings. The van der Waals surface area contributed by atoms with Gasteiger partial charge in [0.2, 0.25) is 0 Å². The van der Waals surface area contributed by atoms with Gasteiger partial charge in [-0.25, -0.2) is 9.37 Å². The molecule has 2 aromatic heterocycles. The lowest BCUT2D eigenvalue weighted by molar-refractivity contribution is 0.0934. The largest absolute Gasteiger partial charge is 0.343 e. The Morgan fingerprint density at radius 2 is 2.20 bits per heavy atom. The summed E-state index contributed by atoms with van der Waals surface area (Å²) in [7, 11) is 0. The molecule has 1 atom stereocenters. The zero-order chi connectivity index (χ0) is 14.7. The van der Waals surface area contributed by atoms with E-state index < -0.39 is 5.82 Å². The first kappa shape index (κ1) is 14.6. The Kier molecular flexibility index (Phi) is 4.44. The smallest absolute Gasteiger partial charge is 0.253 e. The Bertz CT molecular complexity index is 607. The van der Waals surface area contributed by atoms with Crippen LogP contribution in [0.2, 0.25) is 0 Å². The fourth-order valence-corrected chi connectivity index (χ4v) is 2.82. The van der Waals surface area contributed by atoms with E-state index in [1.807, 2.05) is 20.8 Å². The summed E-state index contributed by atoms with van der Waals surface area (Å²) < 4.78 is 13.1. The minimum Gasteiger partial charge on any atom is -0.343 e. The third-order valence-corrected chi connectivity index (χ3v) is 4.21. The predicted molar refractivity (Wildman–Crippen MR) is 76.3 cm³/mol. The number of rotatable bonds is 4. The maximum absolute atomic E-state index is 13.1. The molecule has 2 heterocycles. The molecule has 0 aromatic carbocycles. The van der Waals surface area contributed by atoms with Crippen LogP contribution in [0, 0.1) is 19.7 Å². The van der Waals surface area contributed by atoms with Gasteiger partial charge < -0.3 is 5.32 Å². The van der Waals surface area contributed by atoms with Crippen LogP contribution in [0.3, 0.4) is 0 Å². The van der Waals surface area contributed by atoms with Crippen LogP contribution in [0.1, 0.15) is 45.3 Å². The van der Waals surface area contributed by atoms with Gasteiger partial charge in [-0.1, -0.05) is 6.92 Å². The second-order valence-electron chi connectivity index (χ2n) is 4.52. The van der Waals surface area contributed by atoms with Crippen molar-refractivity contribution in [2.24, 2.45) is 0 Å². The second-order valence-corrected chi connectivity index (χ2v) is 5.75. The molecule has 0 aliphatic carbocycles. The molecule has 106 valence electrons. The summed E-state index contributed by atoms with van der Waals surface area (Å²) in [4.78, 5) is 21.4. The number of nitrogens with zero attached hydrogens (tertiary/aromatic N) is 2. The molecule has 0 radical (unpaired) electrons. The first-order valence-electron chi connectivity index (χ1n) is 6.36. The van der Waals surface area contributed by atoms with Crippen LogP contribution in [0.25, 0.3) is 0 Å². The average molecular weight is 293 g/mol. The molecular weight excluding hydrogens is 277 g/mol. The van der Waals surface area contributed by atoms with Gasteiger partial charge in [0.05, 0.1) is 23.5 Å². The molecule has 1 N–H and O–H groups in total. The number of hydrogen-bond donors (Lipinski definition) is 1.